The molecule has 1 saturated carbocycles. The van der Waals surface area contributed by atoms with Crippen LogP contribution in [-0.4, -0.2) is 43.4 Å². The molecule has 1 aliphatic rings. The zero-order valence-corrected chi connectivity index (χ0v) is 21.3. The molecule has 1 aromatic carbocycles. The van der Waals surface area contributed by atoms with Gasteiger partial charge in [0.15, 0.2) is 42.6 Å². The third-order valence-corrected chi connectivity index (χ3v) is 6.36. The average molecular weight is 572 g/mol. The van der Waals surface area contributed by atoms with Crippen LogP contribution in [0, 0.1) is 5.92 Å². The number of esters is 2. The lowest BCUT2D eigenvalue weighted by Crippen LogP contribution is -2.21. The van der Waals surface area contributed by atoms with E-state index in [0.717, 1.165) is 25.5 Å². The molecule has 1 N–H and O–H groups in total. The number of aromatic amines is 1. The maximum atomic E-state index is 13.0. The number of benzene rings is 1. The van der Waals surface area contributed by atoms with E-state index in [0.29, 0.717) is 33.7 Å². The SMILES string of the molecule is O=C(COC(=O)c1cocn1)OCC(Cc1c(Cl)c[nH+]cc1Cl)c1ccc(OC(F)F)c(OCC2CC2)c1. The third kappa shape index (κ3) is 7.78. The van der Waals surface area contributed by atoms with Gasteiger partial charge in [-0.25, -0.2) is 19.6 Å². The summed E-state index contributed by atoms with van der Waals surface area (Å²) in [5.74, 6) is -1.78. The molecule has 0 spiro atoms. The van der Waals surface area contributed by atoms with Crippen LogP contribution in [0.25, 0.3) is 0 Å². The summed E-state index contributed by atoms with van der Waals surface area (Å²) in [6.07, 6.45) is 7.49. The van der Waals surface area contributed by atoms with Crippen LogP contribution in [0.3, 0.4) is 0 Å². The molecule has 0 saturated heterocycles. The van der Waals surface area contributed by atoms with Gasteiger partial charge in [-0.05, 0) is 42.9 Å². The number of halogens is 4. The van der Waals surface area contributed by atoms with Gasteiger partial charge < -0.3 is 23.4 Å². The van der Waals surface area contributed by atoms with Gasteiger partial charge in [-0.15, -0.1) is 0 Å². The second-order valence-corrected chi connectivity index (χ2v) is 9.32. The number of H-pyrrole nitrogens is 1. The topological polar surface area (TPSA) is 111 Å². The van der Waals surface area contributed by atoms with Gasteiger partial charge in [-0.3, -0.25) is 0 Å². The first-order chi connectivity index (χ1) is 18.3. The second kappa shape index (κ2) is 12.9. The van der Waals surface area contributed by atoms with Crippen molar-refractivity contribution < 1.29 is 46.7 Å². The fourth-order valence-electron chi connectivity index (χ4n) is 3.51. The molecule has 0 amide bonds. The predicted octanol–water partition coefficient (Wildman–Crippen LogP) is 4.91. The Morgan fingerprint density at radius 1 is 1.13 bits per heavy atom. The van der Waals surface area contributed by atoms with Crippen LogP contribution in [-0.2, 0) is 20.7 Å². The lowest BCUT2D eigenvalue weighted by atomic mass is 9.92. The highest BCUT2D eigenvalue weighted by molar-refractivity contribution is 6.35. The van der Waals surface area contributed by atoms with Crippen molar-refractivity contribution in [2.75, 3.05) is 19.8 Å². The number of hydrogen-bond donors (Lipinski definition) is 0. The van der Waals surface area contributed by atoms with Crippen molar-refractivity contribution in [3.63, 3.8) is 0 Å². The molecule has 1 unspecified atom stereocenters. The molecule has 9 nitrogen and oxygen atoms in total. The number of alkyl halides is 2. The number of ether oxygens (including phenoxy) is 4. The Morgan fingerprint density at radius 3 is 2.55 bits per heavy atom. The van der Waals surface area contributed by atoms with Gasteiger partial charge in [0.05, 0.1) is 13.2 Å². The van der Waals surface area contributed by atoms with Crippen molar-refractivity contribution >= 4 is 35.1 Å². The molecule has 0 bridgehead atoms. The van der Waals surface area contributed by atoms with E-state index < -0.39 is 31.1 Å². The van der Waals surface area contributed by atoms with Gasteiger partial charge >= 0.3 is 18.6 Å². The summed E-state index contributed by atoms with van der Waals surface area (Å²) >= 11 is 12.7. The highest BCUT2D eigenvalue weighted by atomic mass is 35.5. The monoisotopic (exact) mass is 571 g/mol. The number of carbonyl (C=O) groups is 2. The van der Waals surface area contributed by atoms with Crippen molar-refractivity contribution in [3.8, 4) is 11.5 Å². The fraction of sp³-hybridized carbons (Fsp3) is 0.360. The van der Waals surface area contributed by atoms with Crippen molar-refractivity contribution in [2.24, 2.45) is 5.92 Å². The van der Waals surface area contributed by atoms with Crippen molar-refractivity contribution in [1.82, 2.24) is 4.98 Å². The first-order valence-corrected chi connectivity index (χ1v) is 12.3. The third-order valence-electron chi connectivity index (χ3n) is 5.68. The minimum Gasteiger partial charge on any atom is -0.489 e. The minimum absolute atomic E-state index is 0.0920. The molecule has 4 rings (SSSR count). The number of nitrogens with zero attached hydrogens (tertiary/aromatic N) is 1. The molecule has 13 heteroatoms. The van der Waals surface area contributed by atoms with Crippen LogP contribution in [0.1, 0.15) is 40.4 Å². The predicted molar refractivity (Wildman–Crippen MR) is 129 cm³/mol. The number of carbonyl (C=O) groups excluding carboxylic acids is 2. The van der Waals surface area contributed by atoms with Crippen LogP contribution in [0.2, 0.25) is 10.0 Å². The standard InChI is InChI=1S/C25H22Cl2F2N2O7/c26-18-7-30-8-19(27)17(18)5-16(10-36-23(32)12-37-24(33)20-11-34-13-31-20)15-3-4-21(38-25(28)29)22(6-15)35-9-14-1-2-14/h3-4,6-8,11,13-14,16,25H,1-2,5,9-10,12H2/p+1. The molecular formula is C25H23Cl2F2N2O7+. The summed E-state index contributed by atoms with van der Waals surface area (Å²) in [6, 6.07) is 4.52. The normalized spacial score (nSPS) is 13.7. The lowest BCUT2D eigenvalue weighted by Gasteiger charge is -2.20. The number of hydrogen-bond acceptors (Lipinski definition) is 8. The van der Waals surface area contributed by atoms with Gasteiger partial charge in [-0.1, -0.05) is 29.3 Å². The number of rotatable bonds is 13. The summed E-state index contributed by atoms with van der Waals surface area (Å²) in [6.45, 7) is -3.48. The Balaban J connectivity index is 1.51. The van der Waals surface area contributed by atoms with Gasteiger partial charge in [0, 0.05) is 11.5 Å². The van der Waals surface area contributed by atoms with E-state index in [4.69, 9.17) is 41.8 Å². The van der Waals surface area contributed by atoms with E-state index in [1.165, 1.54) is 6.07 Å². The van der Waals surface area contributed by atoms with E-state index >= 15 is 0 Å². The number of nitrogens with one attached hydrogen (secondary N) is 1. The van der Waals surface area contributed by atoms with Crippen LogP contribution in [0.5, 0.6) is 11.5 Å². The van der Waals surface area contributed by atoms with Crippen molar-refractivity contribution in [1.29, 1.82) is 0 Å². The van der Waals surface area contributed by atoms with E-state index in [9.17, 15) is 18.4 Å². The van der Waals surface area contributed by atoms with Crippen molar-refractivity contribution in [2.45, 2.75) is 31.8 Å². The molecule has 1 atom stereocenters. The summed E-state index contributed by atoms with van der Waals surface area (Å²) in [7, 11) is 0. The molecule has 38 heavy (non-hydrogen) atoms. The molecule has 2 heterocycles. The largest absolute Gasteiger partial charge is 0.489 e. The number of aromatic nitrogens is 2. The van der Waals surface area contributed by atoms with Crippen LogP contribution >= 0.6 is 23.2 Å². The van der Waals surface area contributed by atoms with E-state index in [1.807, 2.05) is 0 Å². The maximum Gasteiger partial charge on any atom is 0.387 e. The molecule has 0 radical (unpaired) electrons. The van der Waals surface area contributed by atoms with Gasteiger partial charge in [0.2, 0.25) is 0 Å². The number of oxazole rings is 1. The van der Waals surface area contributed by atoms with Gasteiger partial charge in [0.25, 0.3) is 0 Å². The minimum atomic E-state index is -3.03. The summed E-state index contributed by atoms with van der Waals surface area (Å²) in [4.78, 5) is 30.7. The quantitative estimate of drug-likeness (QED) is 0.266. The van der Waals surface area contributed by atoms with Crippen molar-refractivity contribution in [3.05, 3.63) is 70.1 Å². The van der Waals surface area contributed by atoms with Crippen LogP contribution < -0.4 is 14.5 Å². The van der Waals surface area contributed by atoms with Gasteiger partial charge in [-0.2, -0.15) is 8.78 Å². The second-order valence-electron chi connectivity index (χ2n) is 8.50. The molecule has 2 aromatic heterocycles. The number of pyridine rings is 1. The molecule has 3 aromatic rings. The average Bonchev–Trinajstić information content (AvgIpc) is 3.55. The highest BCUT2D eigenvalue weighted by Gasteiger charge is 2.25. The Bertz CT molecular complexity index is 1240. The van der Waals surface area contributed by atoms with E-state index in [1.54, 1.807) is 24.5 Å². The lowest BCUT2D eigenvalue weighted by molar-refractivity contribution is -0.377. The summed E-state index contributed by atoms with van der Waals surface area (Å²) in [5, 5.41) is 0.719. The molecule has 1 aliphatic carbocycles. The first-order valence-electron chi connectivity index (χ1n) is 11.6. The molecular weight excluding hydrogens is 549 g/mol. The molecule has 1 fully saturated rings. The van der Waals surface area contributed by atoms with E-state index in [2.05, 4.69) is 14.7 Å². The van der Waals surface area contributed by atoms with E-state index in [-0.39, 0.29) is 30.2 Å². The Morgan fingerprint density at radius 2 is 1.89 bits per heavy atom. The zero-order chi connectivity index (χ0) is 27.1. The molecule has 202 valence electrons. The van der Waals surface area contributed by atoms with Crippen LogP contribution in [0.4, 0.5) is 8.78 Å². The Labute approximate surface area is 226 Å². The fourth-order valence-corrected chi connectivity index (χ4v) is 4.05. The summed E-state index contributed by atoms with van der Waals surface area (Å²) in [5.41, 5.74) is 1.09. The smallest absolute Gasteiger partial charge is 0.387 e. The Hall–Kier alpha value is -3.44. The zero-order valence-electron chi connectivity index (χ0n) is 19.8. The maximum absolute atomic E-state index is 13.0. The molecule has 0 aliphatic heterocycles. The summed E-state index contributed by atoms with van der Waals surface area (Å²) < 4.78 is 51.3. The first kappa shape index (κ1) is 27.6. The Kier molecular flexibility index (Phi) is 9.35. The van der Waals surface area contributed by atoms with Gasteiger partial charge in [0.1, 0.15) is 16.3 Å². The highest BCUT2D eigenvalue weighted by Crippen LogP contribution is 2.37. The van der Waals surface area contributed by atoms with Crippen LogP contribution in [0.15, 0.2) is 47.7 Å².